The molecular formula is C27H54N3O4P. The highest BCUT2D eigenvalue weighted by Gasteiger charge is 2.47. The minimum absolute atomic E-state index is 0.104. The molecule has 0 aromatic carbocycles. The molecule has 0 aromatic heterocycles. The number of hydrogen-bond acceptors (Lipinski definition) is 7. The summed E-state index contributed by atoms with van der Waals surface area (Å²) >= 11 is 0. The van der Waals surface area contributed by atoms with Gasteiger partial charge in [-0.15, -0.1) is 19.7 Å². The van der Waals surface area contributed by atoms with Crippen LogP contribution in [0, 0.1) is 0 Å². The molecular weight excluding hydrogens is 461 g/mol. The van der Waals surface area contributed by atoms with E-state index in [1.165, 1.54) is 0 Å². The molecule has 0 aliphatic carbocycles. The highest BCUT2D eigenvalue weighted by atomic mass is 31.2. The van der Waals surface area contributed by atoms with Gasteiger partial charge in [-0.2, -0.15) is 29.1 Å². The zero-order valence-corrected chi connectivity index (χ0v) is 25.5. The van der Waals surface area contributed by atoms with Crippen LogP contribution in [0.25, 0.3) is 0 Å². The lowest BCUT2D eigenvalue weighted by molar-refractivity contribution is -0.258. The van der Waals surface area contributed by atoms with E-state index in [0.29, 0.717) is 19.3 Å². The van der Waals surface area contributed by atoms with E-state index < -0.39 is 24.4 Å². The van der Waals surface area contributed by atoms with Crippen molar-refractivity contribution in [2.75, 3.05) is 0 Å². The number of nitrogens with zero attached hydrogens (tertiary/aromatic N) is 3. The van der Waals surface area contributed by atoms with E-state index in [0.717, 1.165) is 0 Å². The lowest BCUT2D eigenvalue weighted by Gasteiger charge is -2.46. The van der Waals surface area contributed by atoms with E-state index in [9.17, 15) is 4.57 Å². The Kier molecular flexibility index (Phi) is 13.4. The third kappa shape index (κ3) is 10.2. The summed E-state index contributed by atoms with van der Waals surface area (Å²) < 4.78 is 33.5. The Balaban J connectivity index is 6.71. The first-order valence-corrected chi connectivity index (χ1v) is 14.2. The summed E-state index contributed by atoms with van der Waals surface area (Å²) in [6, 6.07) is -0.312. The molecule has 0 amide bonds. The van der Waals surface area contributed by atoms with Crippen LogP contribution in [-0.2, 0) is 18.4 Å². The topological polar surface area (TPSA) is 54.5 Å². The molecule has 0 bridgehead atoms. The molecule has 8 heteroatoms. The largest absolute Gasteiger partial charge is 0.525 e. The molecule has 0 saturated carbocycles. The van der Waals surface area contributed by atoms with Crippen LogP contribution in [0.3, 0.4) is 0 Å². The standard InChI is InChI=1S/C27H54N3O4P/c1-16-19-25(10,11)28(22(4)5)32-35(31,33-29(23(6)7)26(12,13)20-17-2)34-30(24(8)9)27(14,15)21-18-3/h16-18,22-24H,1-3,19-21H2,4-15H3. The van der Waals surface area contributed by atoms with Gasteiger partial charge in [0.2, 0.25) is 0 Å². The minimum atomic E-state index is -4.23. The third-order valence-electron chi connectivity index (χ3n) is 5.69. The summed E-state index contributed by atoms with van der Waals surface area (Å²) in [5.41, 5.74) is -1.51. The molecule has 206 valence electrons. The van der Waals surface area contributed by atoms with Crippen molar-refractivity contribution in [3.63, 3.8) is 0 Å². The first-order valence-electron chi connectivity index (χ1n) is 12.7. The van der Waals surface area contributed by atoms with Gasteiger partial charge < -0.3 is 0 Å². The van der Waals surface area contributed by atoms with Crippen molar-refractivity contribution in [1.29, 1.82) is 0 Å². The number of rotatable bonds is 18. The van der Waals surface area contributed by atoms with Crippen molar-refractivity contribution in [2.24, 2.45) is 0 Å². The molecule has 0 rings (SSSR count). The van der Waals surface area contributed by atoms with Gasteiger partial charge in [0.05, 0.1) is 0 Å². The summed E-state index contributed by atoms with van der Waals surface area (Å²) in [5, 5.41) is 5.11. The third-order valence-corrected chi connectivity index (χ3v) is 6.82. The Morgan fingerprint density at radius 1 is 0.600 bits per heavy atom. The summed E-state index contributed by atoms with van der Waals surface area (Å²) in [6.45, 7) is 35.7. The molecule has 0 atom stereocenters. The predicted octanol–water partition coefficient (Wildman–Crippen LogP) is 8.08. The Bertz CT molecular complexity index is 637. The average Bonchev–Trinajstić information content (AvgIpc) is 2.67. The maximum atomic E-state index is 14.6. The predicted molar refractivity (Wildman–Crippen MR) is 148 cm³/mol. The molecule has 0 fully saturated rings. The first-order chi connectivity index (χ1) is 15.8. The molecule has 0 unspecified atom stereocenters. The van der Waals surface area contributed by atoms with Gasteiger partial charge in [0.1, 0.15) is 0 Å². The quantitative estimate of drug-likeness (QED) is 0.104. The van der Waals surface area contributed by atoms with E-state index in [4.69, 9.17) is 13.9 Å². The average molecular weight is 516 g/mol. The highest BCUT2D eigenvalue weighted by Crippen LogP contribution is 2.56. The molecule has 0 aliphatic rings. The van der Waals surface area contributed by atoms with E-state index in [-0.39, 0.29) is 18.1 Å². The minimum Gasteiger partial charge on any atom is -0.223 e. The summed E-state index contributed by atoms with van der Waals surface area (Å²) in [7, 11) is -4.23. The van der Waals surface area contributed by atoms with Gasteiger partial charge in [-0.3, -0.25) is 0 Å². The molecule has 0 saturated heterocycles. The van der Waals surface area contributed by atoms with E-state index in [1.807, 2.05) is 101 Å². The second-order valence-corrected chi connectivity index (χ2v) is 13.3. The van der Waals surface area contributed by atoms with Crippen LogP contribution in [0.2, 0.25) is 0 Å². The fraction of sp³-hybridized carbons (Fsp3) is 0.778. The Labute approximate surface area is 216 Å². The van der Waals surface area contributed by atoms with Gasteiger partial charge in [0.15, 0.2) is 0 Å². The van der Waals surface area contributed by atoms with Crippen LogP contribution in [-0.4, -0.2) is 49.9 Å². The number of hydrogen-bond donors (Lipinski definition) is 0. The molecule has 0 heterocycles. The molecule has 35 heavy (non-hydrogen) atoms. The lowest BCUT2D eigenvalue weighted by atomic mass is 9.99. The summed E-state index contributed by atoms with van der Waals surface area (Å²) in [5.74, 6) is 0. The maximum Gasteiger partial charge on any atom is 0.525 e. The van der Waals surface area contributed by atoms with Crippen LogP contribution >= 0.6 is 7.82 Å². The van der Waals surface area contributed by atoms with Gasteiger partial charge in [0.25, 0.3) is 0 Å². The van der Waals surface area contributed by atoms with Crippen molar-refractivity contribution < 1.29 is 18.4 Å². The second-order valence-electron chi connectivity index (χ2n) is 11.9. The van der Waals surface area contributed by atoms with Crippen molar-refractivity contribution in [3.8, 4) is 0 Å². The van der Waals surface area contributed by atoms with Gasteiger partial charge in [-0.1, -0.05) is 18.2 Å². The van der Waals surface area contributed by atoms with Crippen molar-refractivity contribution in [3.05, 3.63) is 38.0 Å². The highest BCUT2D eigenvalue weighted by molar-refractivity contribution is 7.48. The Morgan fingerprint density at radius 3 is 0.943 bits per heavy atom. The molecule has 7 nitrogen and oxygen atoms in total. The fourth-order valence-corrected chi connectivity index (χ4v) is 6.37. The SMILES string of the molecule is C=CCC(C)(C)N(OP(=O)(ON(C(C)C)C(C)(C)CC=C)ON(C(C)C)C(C)(C)CC=C)C(C)C. The first kappa shape index (κ1) is 34.2. The van der Waals surface area contributed by atoms with Crippen LogP contribution in [0.1, 0.15) is 102 Å². The summed E-state index contributed by atoms with van der Waals surface area (Å²) in [6.07, 6.45) is 7.34. The van der Waals surface area contributed by atoms with Crippen molar-refractivity contribution in [1.82, 2.24) is 15.2 Å². The molecule has 0 radical (unpaired) electrons. The Hall–Kier alpha value is -0.790. The lowest BCUT2D eigenvalue weighted by Crippen LogP contribution is -2.52. The van der Waals surface area contributed by atoms with Crippen LogP contribution in [0.4, 0.5) is 0 Å². The van der Waals surface area contributed by atoms with Gasteiger partial charge in [0, 0.05) is 34.7 Å². The van der Waals surface area contributed by atoms with Crippen LogP contribution in [0.5, 0.6) is 0 Å². The van der Waals surface area contributed by atoms with Crippen LogP contribution < -0.4 is 0 Å². The monoisotopic (exact) mass is 515 g/mol. The molecule has 0 aromatic rings. The fourth-order valence-electron chi connectivity index (χ4n) is 4.41. The smallest absolute Gasteiger partial charge is 0.223 e. The van der Waals surface area contributed by atoms with E-state index >= 15 is 0 Å². The van der Waals surface area contributed by atoms with Crippen molar-refractivity contribution >= 4 is 7.82 Å². The van der Waals surface area contributed by atoms with E-state index in [2.05, 4.69) is 19.7 Å². The molecule has 0 spiro atoms. The summed E-state index contributed by atoms with van der Waals surface area (Å²) in [4.78, 5) is 0. The van der Waals surface area contributed by atoms with Gasteiger partial charge in [-0.25, -0.2) is 4.57 Å². The van der Waals surface area contributed by atoms with Gasteiger partial charge in [-0.05, 0) is 102 Å². The Morgan fingerprint density at radius 2 is 0.800 bits per heavy atom. The van der Waals surface area contributed by atoms with E-state index in [1.54, 1.807) is 15.2 Å². The molecule has 0 N–H and O–H groups in total. The number of phosphoric acid groups is 1. The normalized spacial score (nSPS) is 14.1. The molecule has 0 aliphatic heterocycles. The maximum absolute atomic E-state index is 14.6. The van der Waals surface area contributed by atoms with Crippen LogP contribution in [0.15, 0.2) is 38.0 Å². The zero-order valence-electron chi connectivity index (χ0n) is 24.6. The second kappa shape index (κ2) is 13.7. The number of hydroxylamine groups is 6. The van der Waals surface area contributed by atoms with Gasteiger partial charge >= 0.3 is 7.82 Å². The zero-order chi connectivity index (χ0) is 27.8. The van der Waals surface area contributed by atoms with Crippen molar-refractivity contribution in [2.45, 2.75) is 137 Å².